The van der Waals surface area contributed by atoms with Crippen molar-refractivity contribution < 1.29 is 18.7 Å². The molecule has 1 heterocycles. The number of methoxy groups -OCH3 is 2. The summed E-state index contributed by atoms with van der Waals surface area (Å²) in [5, 5.41) is -0.0786. The number of carbonyl (C=O) groups excluding carboxylic acids is 1. The summed E-state index contributed by atoms with van der Waals surface area (Å²) in [6, 6.07) is 17.5. The van der Waals surface area contributed by atoms with E-state index in [0.717, 1.165) is 10.5 Å². The number of rotatable bonds is 8. The average molecular weight is 382 g/mol. The number of benzene rings is 2. The highest BCUT2D eigenvalue weighted by atomic mass is 32.2. The molecule has 1 unspecified atom stereocenters. The zero-order valence-corrected chi connectivity index (χ0v) is 16.4. The number of furan rings is 1. The van der Waals surface area contributed by atoms with Crippen LogP contribution in [0.2, 0.25) is 0 Å². The first-order valence-electron chi connectivity index (χ1n) is 8.62. The molecule has 1 atom stereocenters. The van der Waals surface area contributed by atoms with Crippen LogP contribution in [0.15, 0.2) is 70.2 Å². The maximum absolute atomic E-state index is 12.6. The molecule has 140 valence electrons. The van der Waals surface area contributed by atoms with Gasteiger partial charge in [0.25, 0.3) is 0 Å². The molecule has 2 aromatic carbocycles. The third-order valence-corrected chi connectivity index (χ3v) is 5.51. The van der Waals surface area contributed by atoms with Crippen LogP contribution >= 0.6 is 11.8 Å². The van der Waals surface area contributed by atoms with Crippen molar-refractivity contribution in [2.75, 3.05) is 14.2 Å². The SMILES string of the molecule is COc1ccc(C(CC(=O)c2ccco2)Sc2ccc(C)cc2)cc1OC. The van der Waals surface area contributed by atoms with Crippen LogP contribution in [0.25, 0.3) is 0 Å². The maximum Gasteiger partial charge on any atom is 0.199 e. The van der Waals surface area contributed by atoms with Crippen LogP contribution in [-0.4, -0.2) is 20.0 Å². The van der Waals surface area contributed by atoms with Crippen LogP contribution in [0, 0.1) is 6.92 Å². The van der Waals surface area contributed by atoms with Gasteiger partial charge in [-0.3, -0.25) is 4.79 Å². The molecule has 0 spiro atoms. The van der Waals surface area contributed by atoms with Gasteiger partial charge in [-0.15, -0.1) is 11.8 Å². The van der Waals surface area contributed by atoms with Crippen LogP contribution in [-0.2, 0) is 0 Å². The van der Waals surface area contributed by atoms with E-state index in [9.17, 15) is 4.79 Å². The molecule has 27 heavy (non-hydrogen) atoms. The lowest BCUT2D eigenvalue weighted by molar-refractivity contribution is 0.0955. The Kier molecular flexibility index (Phi) is 6.24. The Balaban J connectivity index is 1.91. The predicted octanol–water partition coefficient (Wildman–Crippen LogP) is 5.71. The monoisotopic (exact) mass is 382 g/mol. The second kappa shape index (κ2) is 8.82. The summed E-state index contributed by atoms with van der Waals surface area (Å²) in [4.78, 5) is 13.8. The van der Waals surface area contributed by atoms with Gasteiger partial charge in [-0.05, 0) is 48.9 Å². The number of hydrogen-bond donors (Lipinski definition) is 0. The lowest BCUT2D eigenvalue weighted by Gasteiger charge is -2.18. The molecule has 0 aliphatic heterocycles. The van der Waals surface area contributed by atoms with Crippen molar-refractivity contribution in [3.05, 3.63) is 77.7 Å². The zero-order valence-electron chi connectivity index (χ0n) is 15.6. The fourth-order valence-corrected chi connectivity index (χ4v) is 3.91. The molecule has 0 fully saturated rings. The summed E-state index contributed by atoms with van der Waals surface area (Å²) >= 11 is 1.65. The van der Waals surface area contributed by atoms with Crippen molar-refractivity contribution in [1.29, 1.82) is 0 Å². The van der Waals surface area contributed by atoms with E-state index < -0.39 is 0 Å². The molecule has 0 saturated heterocycles. The van der Waals surface area contributed by atoms with Gasteiger partial charge >= 0.3 is 0 Å². The normalized spacial score (nSPS) is 11.8. The summed E-state index contributed by atoms with van der Waals surface area (Å²) in [7, 11) is 3.22. The van der Waals surface area contributed by atoms with Gasteiger partial charge in [0.05, 0.1) is 20.5 Å². The van der Waals surface area contributed by atoms with Gasteiger partial charge in [-0.25, -0.2) is 0 Å². The minimum atomic E-state index is -0.0786. The highest BCUT2D eigenvalue weighted by Gasteiger charge is 2.21. The van der Waals surface area contributed by atoms with Gasteiger partial charge in [-0.2, -0.15) is 0 Å². The van der Waals surface area contributed by atoms with Gasteiger partial charge in [0, 0.05) is 16.6 Å². The highest BCUT2D eigenvalue weighted by Crippen LogP contribution is 2.41. The van der Waals surface area contributed by atoms with Crippen LogP contribution in [0.5, 0.6) is 11.5 Å². The molecule has 3 aromatic rings. The molecule has 0 N–H and O–H groups in total. The smallest absolute Gasteiger partial charge is 0.199 e. The van der Waals surface area contributed by atoms with Crippen molar-refractivity contribution in [3.63, 3.8) is 0 Å². The number of Topliss-reactive ketones (excluding diaryl/α,β-unsaturated/α-hetero) is 1. The molecule has 0 aliphatic rings. The van der Waals surface area contributed by atoms with Gasteiger partial charge in [0.15, 0.2) is 23.0 Å². The van der Waals surface area contributed by atoms with Gasteiger partial charge in [0.1, 0.15) is 0 Å². The lowest BCUT2D eigenvalue weighted by atomic mass is 10.1. The summed E-state index contributed by atoms with van der Waals surface area (Å²) in [6.45, 7) is 2.06. The van der Waals surface area contributed by atoms with Gasteiger partial charge in [-0.1, -0.05) is 23.8 Å². The van der Waals surface area contributed by atoms with Crippen LogP contribution in [0.3, 0.4) is 0 Å². The largest absolute Gasteiger partial charge is 0.493 e. The van der Waals surface area contributed by atoms with Crippen molar-refractivity contribution in [2.24, 2.45) is 0 Å². The van der Waals surface area contributed by atoms with Gasteiger partial charge in [0.2, 0.25) is 0 Å². The van der Waals surface area contributed by atoms with E-state index in [1.807, 2.05) is 18.2 Å². The number of ether oxygens (including phenoxy) is 2. The van der Waals surface area contributed by atoms with Crippen molar-refractivity contribution in [3.8, 4) is 11.5 Å². The Morgan fingerprint density at radius 1 is 1.04 bits per heavy atom. The minimum Gasteiger partial charge on any atom is -0.493 e. The van der Waals surface area contributed by atoms with Crippen molar-refractivity contribution in [2.45, 2.75) is 23.5 Å². The van der Waals surface area contributed by atoms with Crippen LogP contribution < -0.4 is 9.47 Å². The average Bonchev–Trinajstić information content (AvgIpc) is 3.23. The molecule has 1 aromatic heterocycles. The molecule has 0 saturated carbocycles. The van der Waals surface area contributed by atoms with E-state index in [4.69, 9.17) is 13.9 Å². The second-order valence-electron chi connectivity index (χ2n) is 6.14. The van der Waals surface area contributed by atoms with E-state index >= 15 is 0 Å². The number of aryl methyl sites for hydroxylation is 1. The quantitative estimate of drug-likeness (QED) is 0.369. The Hall–Kier alpha value is -2.66. The van der Waals surface area contributed by atoms with Gasteiger partial charge < -0.3 is 13.9 Å². The first-order valence-corrected chi connectivity index (χ1v) is 9.50. The van der Waals surface area contributed by atoms with Crippen LogP contribution in [0.1, 0.15) is 33.4 Å². The highest BCUT2D eigenvalue weighted by molar-refractivity contribution is 7.99. The Labute approximate surface area is 163 Å². The summed E-state index contributed by atoms with van der Waals surface area (Å²) in [5.74, 6) is 1.66. The molecule has 3 rings (SSSR count). The first-order chi connectivity index (χ1) is 13.1. The summed E-state index contributed by atoms with van der Waals surface area (Å²) in [5.41, 5.74) is 2.20. The number of carbonyl (C=O) groups is 1. The summed E-state index contributed by atoms with van der Waals surface area (Å²) in [6.07, 6.45) is 1.84. The van der Waals surface area contributed by atoms with E-state index in [1.165, 1.54) is 11.8 Å². The lowest BCUT2D eigenvalue weighted by Crippen LogP contribution is -2.05. The Morgan fingerprint density at radius 2 is 1.78 bits per heavy atom. The maximum atomic E-state index is 12.6. The van der Waals surface area contributed by atoms with Crippen LogP contribution in [0.4, 0.5) is 0 Å². The number of hydrogen-bond acceptors (Lipinski definition) is 5. The molecular weight excluding hydrogens is 360 g/mol. The standard InChI is InChI=1S/C22H22O4S/c1-15-6-9-17(10-7-15)27-22(14-18(23)19-5-4-12-26-19)16-8-11-20(24-2)21(13-16)25-3/h4-13,22H,14H2,1-3H3. The Morgan fingerprint density at radius 3 is 2.41 bits per heavy atom. The molecule has 0 amide bonds. The molecule has 0 bridgehead atoms. The minimum absolute atomic E-state index is 0.0283. The molecule has 0 aliphatic carbocycles. The third-order valence-electron chi connectivity index (χ3n) is 4.25. The zero-order chi connectivity index (χ0) is 19.2. The molecule has 5 heteroatoms. The summed E-state index contributed by atoms with van der Waals surface area (Å²) < 4.78 is 16.0. The third kappa shape index (κ3) is 4.74. The number of ketones is 1. The predicted molar refractivity (Wildman–Crippen MR) is 107 cm³/mol. The fraction of sp³-hybridized carbons (Fsp3) is 0.227. The van der Waals surface area contributed by atoms with E-state index in [-0.39, 0.29) is 11.0 Å². The van der Waals surface area contributed by atoms with Crippen molar-refractivity contribution >= 4 is 17.5 Å². The molecule has 0 radical (unpaired) electrons. The fourth-order valence-electron chi connectivity index (χ4n) is 2.77. The Bertz CT molecular complexity index is 885. The molecule has 4 nitrogen and oxygen atoms in total. The van der Waals surface area contributed by atoms with Crippen molar-refractivity contribution in [1.82, 2.24) is 0 Å². The van der Waals surface area contributed by atoms with E-state index in [1.54, 1.807) is 38.1 Å². The number of thioether (sulfide) groups is 1. The first kappa shape index (κ1) is 19.1. The van der Waals surface area contributed by atoms with E-state index in [0.29, 0.717) is 23.7 Å². The second-order valence-corrected chi connectivity index (χ2v) is 7.41. The topological polar surface area (TPSA) is 48.7 Å². The van der Waals surface area contributed by atoms with E-state index in [2.05, 4.69) is 31.2 Å². The molecular formula is C22H22O4S.